The molecule has 22 heavy (non-hydrogen) atoms. The molecule has 7 heteroatoms. The summed E-state index contributed by atoms with van der Waals surface area (Å²) < 4.78 is 5.17. The second kappa shape index (κ2) is 7.49. The summed E-state index contributed by atoms with van der Waals surface area (Å²) in [5, 5.41) is 5.02. The van der Waals surface area contributed by atoms with Gasteiger partial charge in [0.2, 0.25) is 0 Å². The van der Waals surface area contributed by atoms with Crippen LogP contribution in [-0.4, -0.2) is 19.2 Å². The van der Waals surface area contributed by atoms with Crippen LogP contribution < -0.4 is 10.2 Å². The number of rotatable bonds is 4. The van der Waals surface area contributed by atoms with Crippen LogP contribution in [0.4, 0.5) is 0 Å². The molecule has 0 fully saturated rings. The summed E-state index contributed by atoms with van der Waals surface area (Å²) in [5.74, 6) is 0.0270. The van der Waals surface area contributed by atoms with E-state index in [1.165, 1.54) is 13.3 Å². The van der Waals surface area contributed by atoms with Gasteiger partial charge in [0.1, 0.15) is 5.75 Å². The Kier molecular flexibility index (Phi) is 5.66. The number of carbonyl (C=O) groups is 1. The Labute approximate surface area is 142 Å². The Morgan fingerprint density at radius 3 is 2.59 bits per heavy atom. The molecule has 0 aliphatic carbocycles. The summed E-state index contributed by atoms with van der Waals surface area (Å²) in [6.07, 6.45) is 1.38. The third-order valence-electron chi connectivity index (χ3n) is 2.75. The number of nitrogens with zero attached hydrogens (tertiary/aromatic N) is 1. The lowest BCUT2D eigenvalue weighted by atomic mass is 10.2. The van der Waals surface area contributed by atoms with Gasteiger partial charge in [-0.1, -0.05) is 46.9 Å². The molecule has 0 bridgehead atoms. The fraction of sp³-hybridized carbons (Fsp3) is 0.0667. The number of carbonyl (C=O) groups excluding carboxylic acids is 1. The smallest absolute Gasteiger partial charge is 0.272 e. The molecule has 0 saturated carbocycles. The summed E-state index contributed by atoms with van der Waals surface area (Å²) in [4.78, 5) is 12.0. The highest BCUT2D eigenvalue weighted by atomic mass is 35.5. The zero-order valence-electron chi connectivity index (χ0n) is 11.4. The van der Waals surface area contributed by atoms with Gasteiger partial charge < -0.3 is 4.74 Å². The molecule has 0 heterocycles. The molecule has 2 aromatic carbocycles. The maximum absolute atomic E-state index is 12.0. The summed E-state index contributed by atoms with van der Waals surface area (Å²) in [6, 6.07) is 9.83. The first-order valence-corrected chi connectivity index (χ1v) is 7.27. The second-order valence-corrected chi connectivity index (χ2v) is 5.43. The van der Waals surface area contributed by atoms with Crippen molar-refractivity contribution in [1.82, 2.24) is 5.43 Å². The van der Waals surface area contributed by atoms with Gasteiger partial charge in [-0.05, 0) is 24.3 Å². The number of benzene rings is 2. The van der Waals surface area contributed by atoms with E-state index in [0.717, 1.165) is 0 Å². The molecule has 1 amide bonds. The standard InChI is InChI=1S/C15H11Cl3N2O2/c1-22-14-7-9(16)6-13(18)11(14)8-19-20-15(21)10-4-2-3-5-12(10)17/h2-8H,1H3,(H,20,21)/b19-8-. The lowest BCUT2D eigenvalue weighted by Crippen LogP contribution is -2.18. The first-order chi connectivity index (χ1) is 10.5. The average molecular weight is 358 g/mol. The molecule has 2 rings (SSSR count). The molecule has 0 atom stereocenters. The largest absolute Gasteiger partial charge is 0.496 e. The Hall–Kier alpha value is -1.75. The fourth-order valence-corrected chi connectivity index (χ4v) is 2.46. The lowest BCUT2D eigenvalue weighted by molar-refractivity contribution is 0.0955. The highest BCUT2D eigenvalue weighted by Gasteiger charge is 2.10. The van der Waals surface area contributed by atoms with Crippen LogP contribution in [0.25, 0.3) is 0 Å². The van der Waals surface area contributed by atoms with Crippen LogP contribution >= 0.6 is 34.8 Å². The van der Waals surface area contributed by atoms with Crippen LogP contribution in [0.5, 0.6) is 5.75 Å². The Bertz CT molecular complexity index is 733. The lowest BCUT2D eigenvalue weighted by Gasteiger charge is -2.07. The van der Waals surface area contributed by atoms with Crippen molar-refractivity contribution in [3.63, 3.8) is 0 Å². The molecule has 0 aromatic heterocycles. The molecular formula is C15H11Cl3N2O2. The SMILES string of the molecule is COc1cc(Cl)cc(Cl)c1/C=N\NC(=O)c1ccccc1Cl. The summed E-state index contributed by atoms with van der Waals surface area (Å²) in [5.41, 5.74) is 3.22. The summed E-state index contributed by atoms with van der Waals surface area (Å²) in [6.45, 7) is 0. The molecule has 0 aliphatic heterocycles. The molecular weight excluding hydrogens is 347 g/mol. The van der Waals surface area contributed by atoms with Crippen molar-refractivity contribution < 1.29 is 9.53 Å². The summed E-state index contributed by atoms with van der Waals surface area (Å²) >= 11 is 17.9. The number of hydrogen-bond donors (Lipinski definition) is 1. The molecule has 1 N–H and O–H groups in total. The van der Waals surface area contributed by atoms with Crippen LogP contribution in [0, 0.1) is 0 Å². The van der Waals surface area contributed by atoms with Crippen LogP contribution in [0.15, 0.2) is 41.5 Å². The van der Waals surface area contributed by atoms with Crippen molar-refractivity contribution >= 4 is 46.9 Å². The van der Waals surface area contributed by atoms with E-state index in [1.807, 2.05) is 0 Å². The number of methoxy groups -OCH3 is 1. The van der Waals surface area contributed by atoms with E-state index >= 15 is 0 Å². The monoisotopic (exact) mass is 356 g/mol. The second-order valence-electron chi connectivity index (χ2n) is 4.18. The molecule has 2 aromatic rings. The number of nitrogens with one attached hydrogen (secondary N) is 1. The molecule has 114 valence electrons. The van der Waals surface area contributed by atoms with Gasteiger partial charge in [-0.2, -0.15) is 5.10 Å². The highest BCUT2D eigenvalue weighted by molar-refractivity contribution is 6.36. The normalized spacial score (nSPS) is 10.7. The van der Waals surface area contributed by atoms with Crippen LogP contribution in [0.3, 0.4) is 0 Å². The Balaban J connectivity index is 2.17. The minimum Gasteiger partial charge on any atom is -0.496 e. The van der Waals surface area contributed by atoms with E-state index in [1.54, 1.807) is 36.4 Å². The highest BCUT2D eigenvalue weighted by Crippen LogP contribution is 2.29. The van der Waals surface area contributed by atoms with E-state index in [0.29, 0.717) is 31.9 Å². The number of amides is 1. The maximum Gasteiger partial charge on any atom is 0.272 e. The zero-order chi connectivity index (χ0) is 16.1. The van der Waals surface area contributed by atoms with E-state index in [4.69, 9.17) is 39.5 Å². The molecule has 0 unspecified atom stereocenters. The van der Waals surface area contributed by atoms with Gasteiger partial charge in [-0.15, -0.1) is 0 Å². The Morgan fingerprint density at radius 1 is 1.18 bits per heavy atom. The zero-order valence-corrected chi connectivity index (χ0v) is 13.7. The summed E-state index contributed by atoms with van der Waals surface area (Å²) in [7, 11) is 1.49. The first kappa shape index (κ1) is 16.6. The van der Waals surface area contributed by atoms with Crippen molar-refractivity contribution in [2.75, 3.05) is 7.11 Å². The molecule has 0 spiro atoms. The van der Waals surface area contributed by atoms with Gasteiger partial charge in [0.15, 0.2) is 0 Å². The van der Waals surface area contributed by atoms with E-state index in [2.05, 4.69) is 10.5 Å². The third kappa shape index (κ3) is 3.91. The van der Waals surface area contributed by atoms with E-state index in [9.17, 15) is 4.79 Å². The molecule has 0 aliphatic rings. The molecule has 4 nitrogen and oxygen atoms in total. The van der Waals surface area contributed by atoms with Crippen molar-refractivity contribution in [3.8, 4) is 5.75 Å². The van der Waals surface area contributed by atoms with E-state index in [-0.39, 0.29) is 0 Å². The van der Waals surface area contributed by atoms with E-state index < -0.39 is 5.91 Å². The quantitative estimate of drug-likeness (QED) is 0.650. The van der Waals surface area contributed by atoms with Crippen molar-refractivity contribution in [2.24, 2.45) is 5.10 Å². The number of hydrogen-bond acceptors (Lipinski definition) is 3. The number of hydrazone groups is 1. The van der Waals surface area contributed by atoms with Crippen molar-refractivity contribution in [2.45, 2.75) is 0 Å². The fourth-order valence-electron chi connectivity index (χ4n) is 1.72. The van der Waals surface area contributed by atoms with Crippen LogP contribution in [0.1, 0.15) is 15.9 Å². The topological polar surface area (TPSA) is 50.7 Å². The number of ether oxygens (including phenoxy) is 1. The minimum absolute atomic E-state index is 0.329. The van der Waals surface area contributed by atoms with Gasteiger partial charge in [0.05, 0.1) is 34.5 Å². The van der Waals surface area contributed by atoms with Crippen molar-refractivity contribution in [1.29, 1.82) is 0 Å². The van der Waals surface area contributed by atoms with Crippen LogP contribution in [0.2, 0.25) is 15.1 Å². The van der Waals surface area contributed by atoms with Crippen molar-refractivity contribution in [3.05, 3.63) is 62.6 Å². The number of halogens is 3. The third-order valence-corrected chi connectivity index (χ3v) is 3.62. The van der Waals surface area contributed by atoms with Gasteiger partial charge in [0.25, 0.3) is 5.91 Å². The average Bonchev–Trinajstić information content (AvgIpc) is 2.49. The van der Waals surface area contributed by atoms with Gasteiger partial charge in [-0.3, -0.25) is 4.79 Å². The Morgan fingerprint density at radius 2 is 1.91 bits per heavy atom. The molecule has 0 radical (unpaired) electrons. The van der Waals surface area contributed by atoms with Gasteiger partial charge in [-0.25, -0.2) is 5.43 Å². The molecule has 0 saturated heterocycles. The first-order valence-electron chi connectivity index (χ1n) is 6.14. The van der Waals surface area contributed by atoms with Gasteiger partial charge in [0, 0.05) is 5.02 Å². The van der Waals surface area contributed by atoms with Crippen LogP contribution in [-0.2, 0) is 0 Å². The predicted octanol–water partition coefficient (Wildman–Crippen LogP) is 4.42. The maximum atomic E-state index is 12.0. The predicted molar refractivity (Wildman–Crippen MR) is 89.5 cm³/mol. The van der Waals surface area contributed by atoms with Gasteiger partial charge >= 0.3 is 0 Å². The minimum atomic E-state index is -0.425.